The number of ether oxygens (including phenoxy) is 1. The number of carbonyl (C=O) groups excluding carboxylic acids is 1. The lowest BCUT2D eigenvalue weighted by atomic mass is 10.2. The number of nitrogens with two attached hydrogens (primary N) is 1. The van der Waals surface area contributed by atoms with Crippen molar-refractivity contribution in [1.29, 1.82) is 0 Å². The SMILES string of the molecule is COc1c(NC(=O)Nc2cccc3c2ccn3Cc2ccnc(N)c2)cc(Br)c(F)c1F. The van der Waals surface area contributed by atoms with Crippen molar-refractivity contribution in [2.24, 2.45) is 0 Å². The van der Waals surface area contributed by atoms with Crippen LogP contribution in [0, 0.1) is 11.6 Å². The van der Waals surface area contributed by atoms with E-state index in [0.717, 1.165) is 16.5 Å². The van der Waals surface area contributed by atoms with Crippen LogP contribution in [-0.2, 0) is 6.54 Å². The van der Waals surface area contributed by atoms with Gasteiger partial charge < -0.3 is 25.7 Å². The van der Waals surface area contributed by atoms with Crippen LogP contribution in [0.5, 0.6) is 5.75 Å². The molecule has 4 rings (SSSR count). The van der Waals surface area contributed by atoms with Crippen molar-refractivity contribution in [2.45, 2.75) is 6.54 Å². The fourth-order valence-electron chi connectivity index (χ4n) is 3.41. The summed E-state index contributed by atoms with van der Waals surface area (Å²) < 4.78 is 34.6. The maximum atomic E-state index is 14.1. The number of pyridine rings is 1. The van der Waals surface area contributed by atoms with Crippen molar-refractivity contribution in [3.8, 4) is 5.75 Å². The zero-order valence-corrected chi connectivity index (χ0v) is 18.4. The number of urea groups is 1. The summed E-state index contributed by atoms with van der Waals surface area (Å²) in [6.07, 6.45) is 3.55. The highest BCUT2D eigenvalue weighted by Gasteiger charge is 2.20. The highest BCUT2D eigenvalue weighted by Crippen LogP contribution is 2.34. The van der Waals surface area contributed by atoms with Crippen molar-refractivity contribution < 1.29 is 18.3 Å². The minimum absolute atomic E-state index is 0.0178. The fourth-order valence-corrected chi connectivity index (χ4v) is 3.81. The lowest BCUT2D eigenvalue weighted by Gasteiger charge is -2.14. The molecule has 0 atom stereocenters. The molecule has 0 aliphatic rings. The highest BCUT2D eigenvalue weighted by atomic mass is 79.9. The Hall–Kier alpha value is -3.66. The van der Waals surface area contributed by atoms with Gasteiger partial charge in [-0.2, -0.15) is 4.39 Å². The number of nitrogen functional groups attached to an aromatic ring is 1. The fraction of sp³-hybridized carbons (Fsp3) is 0.0909. The zero-order valence-electron chi connectivity index (χ0n) is 16.8. The molecule has 0 fully saturated rings. The van der Waals surface area contributed by atoms with Crippen LogP contribution in [0.25, 0.3) is 10.9 Å². The van der Waals surface area contributed by atoms with Gasteiger partial charge in [-0.1, -0.05) is 6.07 Å². The molecule has 0 saturated carbocycles. The highest BCUT2D eigenvalue weighted by molar-refractivity contribution is 9.10. The number of methoxy groups -OCH3 is 1. The van der Waals surface area contributed by atoms with E-state index in [4.69, 9.17) is 10.5 Å². The van der Waals surface area contributed by atoms with Gasteiger partial charge in [0.2, 0.25) is 5.82 Å². The van der Waals surface area contributed by atoms with Gasteiger partial charge in [0.1, 0.15) is 5.82 Å². The predicted molar refractivity (Wildman–Crippen MR) is 123 cm³/mol. The minimum Gasteiger partial charge on any atom is -0.491 e. The summed E-state index contributed by atoms with van der Waals surface area (Å²) in [4.78, 5) is 16.6. The Morgan fingerprint density at radius 2 is 1.94 bits per heavy atom. The Labute approximate surface area is 190 Å². The summed E-state index contributed by atoms with van der Waals surface area (Å²) in [5, 5.41) is 6.05. The van der Waals surface area contributed by atoms with Crippen LogP contribution in [0.4, 0.5) is 30.8 Å². The van der Waals surface area contributed by atoms with Crippen molar-refractivity contribution >= 4 is 50.1 Å². The molecule has 32 heavy (non-hydrogen) atoms. The van der Waals surface area contributed by atoms with Gasteiger partial charge in [0.25, 0.3) is 0 Å². The Kier molecular flexibility index (Phi) is 5.95. The average Bonchev–Trinajstić information content (AvgIpc) is 3.16. The summed E-state index contributed by atoms with van der Waals surface area (Å²) >= 11 is 2.93. The van der Waals surface area contributed by atoms with Crippen LogP contribution in [0.15, 0.2) is 59.3 Å². The van der Waals surface area contributed by atoms with E-state index in [2.05, 4.69) is 31.5 Å². The van der Waals surface area contributed by atoms with Gasteiger partial charge in [0.15, 0.2) is 11.6 Å². The molecule has 0 aliphatic carbocycles. The summed E-state index contributed by atoms with van der Waals surface area (Å²) in [5.74, 6) is -2.26. The quantitative estimate of drug-likeness (QED) is 0.321. The van der Waals surface area contributed by atoms with Gasteiger partial charge >= 0.3 is 6.03 Å². The van der Waals surface area contributed by atoms with Crippen molar-refractivity contribution in [3.05, 3.63) is 76.5 Å². The van der Waals surface area contributed by atoms with Gasteiger partial charge in [-0.3, -0.25) is 0 Å². The molecule has 0 unspecified atom stereocenters. The van der Waals surface area contributed by atoms with E-state index in [9.17, 15) is 13.6 Å². The van der Waals surface area contributed by atoms with Crippen molar-refractivity contribution in [3.63, 3.8) is 0 Å². The molecule has 0 bridgehead atoms. The first-order valence-corrected chi connectivity index (χ1v) is 10.2. The van der Waals surface area contributed by atoms with E-state index in [1.807, 2.05) is 35.0 Å². The third-order valence-electron chi connectivity index (χ3n) is 4.83. The smallest absolute Gasteiger partial charge is 0.323 e. The number of rotatable bonds is 5. The predicted octanol–water partition coefficient (Wildman–Crippen LogP) is 5.36. The van der Waals surface area contributed by atoms with Gasteiger partial charge in [-0.05, 0) is 57.9 Å². The monoisotopic (exact) mass is 501 g/mol. The number of nitrogens with zero attached hydrogens (tertiary/aromatic N) is 2. The standard InChI is InChI=1S/C22H18BrF2N5O2/c1-32-21-16(10-14(23)19(24)20(21)25)29-22(31)28-15-3-2-4-17-13(15)6-8-30(17)11-12-5-7-27-18(26)9-12/h2-10H,11H2,1H3,(H2,26,27)(H2,28,29,31). The van der Waals surface area contributed by atoms with E-state index < -0.39 is 23.4 Å². The van der Waals surface area contributed by atoms with Crippen molar-refractivity contribution in [1.82, 2.24) is 9.55 Å². The molecule has 4 aromatic rings. The van der Waals surface area contributed by atoms with E-state index in [1.165, 1.54) is 13.2 Å². The van der Waals surface area contributed by atoms with E-state index in [1.54, 1.807) is 18.3 Å². The zero-order chi connectivity index (χ0) is 22.8. The molecule has 2 heterocycles. The summed E-state index contributed by atoms with van der Waals surface area (Å²) in [6.45, 7) is 0.575. The van der Waals surface area contributed by atoms with Gasteiger partial charge in [0, 0.05) is 24.3 Å². The first-order chi connectivity index (χ1) is 15.4. The minimum atomic E-state index is -1.20. The summed E-state index contributed by atoms with van der Waals surface area (Å²) in [6, 6.07) is 11.6. The van der Waals surface area contributed by atoms with E-state index in [-0.39, 0.29) is 10.2 Å². The van der Waals surface area contributed by atoms with Crippen LogP contribution >= 0.6 is 15.9 Å². The molecular formula is C22H18BrF2N5O2. The lowest BCUT2D eigenvalue weighted by molar-refractivity contribution is 0.262. The van der Waals surface area contributed by atoms with Crippen LogP contribution in [0.2, 0.25) is 0 Å². The number of amides is 2. The molecule has 4 N–H and O–H groups in total. The number of carbonyl (C=O) groups is 1. The molecule has 0 radical (unpaired) electrons. The normalized spacial score (nSPS) is 10.9. The first kappa shape index (κ1) is 21.6. The van der Waals surface area contributed by atoms with Gasteiger partial charge in [0.05, 0.1) is 28.5 Å². The number of anilines is 3. The third kappa shape index (κ3) is 4.22. The Morgan fingerprint density at radius 1 is 1.16 bits per heavy atom. The molecule has 0 saturated heterocycles. The number of nitrogens with one attached hydrogen (secondary N) is 2. The number of fused-ring (bicyclic) bond motifs is 1. The first-order valence-electron chi connectivity index (χ1n) is 9.45. The van der Waals surface area contributed by atoms with Crippen LogP contribution in [-0.4, -0.2) is 22.7 Å². The molecule has 2 aromatic carbocycles. The summed E-state index contributed by atoms with van der Waals surface area (Å²) in [7, 11) is 1.19. The van der Waals surface area contributed by atoms with E-state index in [0.29, 0.717) is 18.1 Å². The van der Waals surface area contributed by atoms with Crippen LogP contribution in [0.3, 0.4) is 0 Å². The second kappa shape index (κ2) is 8.83. The lowest BCUT2D eigenvalue weighted by Crippen LogP contribution is -2.20. The van der Waals surface area contributed by atoms with Gasteiger partial charge in [-0.15, -0.1) is 0 Å². The van der Waals surface area contributed by atoms with Crippen molar-refractivity contribution in [2.75, 3.05) is 23.5 Å². The Bertz CT molecular complexity index is 1330. The number of aromatic nitrogens is 2. The third-order valence-corrected chi connectivity index (χ3v) is 5.41. The second-order valence-corrected chi connectivity index (χ2v) is 7.77. The molecule has 2 aromatic heterocycles. The number of benzene rings is 2. The largest absolute Gasteiger partial charge is 0.491 e. The average molecular weight is 502 g/mol. The van der Waals surface area contributed by atoms with Gasteiger partial charge in [-0.25, -0.2) is 14.2 Å². The molecule has 0 spiro atoms. The maximum absolute atomic E-state index is 14.1. The molecule has 10 heteroatoms. The number of hydrogen-bond acceptors (Lipinski definition) is 4. The molecule has 7 nitrogen and oxygen atoms in total. The van der Waals surface area contributed by atoms with Crippen LogP contribution < -0.4 is 21.1 Å². The topological polar surface area (TPSA) is 94.2 Å². The number of halogens is 3. The van der Waals surface area contributed by atoms with Crippen LogP contribution in [0.1, 0.15) is 5.56 Å². The molecular weight excluding hydrogens is 484 g/mol. The summed E-state index contributed by atoms with van der Waals surface area (Å²) in [5.41, 5.74) is 8.17. The Balaban J connectivity index is 1.58. The second-order valence-electron chi connectivity index (χ2n) is 6.92. The molecule has 2 amide bonds. The maximum Gasteiger partial charge on any atom is 0.323 e. The Morgan fingerprint density at radius 3 is 2.69 bits per heavy atom. The number of hydrogen-bond donors (Lipinski definition) is 3. The molecule has 0 aliphatic heterocycles. The molecule has 164 valence electrons. The van der Waals surface area contributed by atoms with E-state index >= 15 is 0 Å².